The number of carbonyl (C=O) groups is 1. The van der Waals surface area contributed by atoms with Gasteiger partial charge in [-0.2, -0.15) is 4.98 Å². The molecule has 0 spiro atoms. The third-order valence-electron chi connectivity index (χ3n) is 6.36. The Bertz CT molecular complexity index is 1430. The number of aromatic nitrogens is 5. The van der Waals surface area contributed by atoms with E-state index in [1.54, 1.807) is 13.2 Å². The van der Waals surface area contributed by atoms with Crippen LogP contribution in [0, 0.1) is 0 Å². The molecule has 4 heterocycles. The zero-order chi connectivity index (χ0) is 22.4. The number of benzene rings is 1. The molecule has 10 nitrogen and oxygen atoms in total. The van der Waals surface area contributed by atoms with Crippen LogP contribution in [0.5, 0.6) is 0 Å². The maximum absolute atomic E-state index is 12.9. The molecule has 1 aliphatic rings. The Balaban J connectivity index is 1.34. The van der Waals surface area contributed by atoms with Crippen LogP contribution in [0.25, 0.3) is 22.1 Å². The van der Waals surface area contributed by atoms with E-state index in [1.807, 2.05) is 35.8 Å². The number of nitrogens with one attached hydrogen (secondary N) is 3. The monoisotopic (exact) mass is 436 g/mol. The fourth-order valence-corrected chi connectivity index (χ4v) is 4.59. The summed E-state index contributed by atoms with van der Waals surface area (Å²) < 4.78 is 3.23. The molecule has 32 heavy (non-hydrogen) atoms. The number of aromatic amines is 2. The number of hydrogen-bond donors (Lipinski definition) is 3. The summed E-state index contributed by atoms with van der Waals surface area (Å²) in [5.74, 6) is 0.824. The topological polar surface area (TPSA) is 113 Å². The number of carbonyl (C=O) groups excluding carboxylic acids is 1. The van der Waals surface area contributed by atoms with Crippen molar-refractivity contribution >= 4 is 33.8 Å². The highest BCUT2D eigenvalue weighted by atomic mass is 16.2. The third kappa shape index (κ3) is 3.23. The predicted molar refractivity (Wildman–Crippen MR) is 122 cm³/mol. The number of Topliss-reactive ketones (excluding diaryl/α,β-unsaturated/α-hetero) is 1. The Morgan fingerprint density at radius 3 is 2.69 bits per heavy atom. The number of rotatable bonds is 5. The minimum Gasteiger partial charge on any atom is -0.360 e. The molecule has 3 N–H and O–H groups in total. The highest BCUT2D eigenvalue weighted by Gasteiger charge is 2.27. The van der Waals surface area contributed by atoms with Crippen molar-refractivity contribution < 1.29 is 9.69 Å². The fourth-order valence-electron chi connectivity index (χ4n) is 4.59. The van der Waals surface area contributed by atoms with Crippen molar-refractivity contribution in [2.75, 3.05) is 37.6 Å². The Kier molecular flexibility index (Phi) is 4.93. The summed E-state index contributed by atoms with van der Waals surface area (Å²) in [6.45, 7) is 5.97. The molecule has 0 unspecified atom stereocenters. The van der Waals surface area contributed by atoms with Gasteiger partial charge >= 0.3 is 5.69 Å². The minimum atomic E-state index is -0.472. The van der Waals surface area contributed by atoms with E-state index >= 15 is 0 Å². The predicted octanol–water partition coefficient (Wildman–Crippen LogP) is -0.488. The number of quaternary nitrogens is 1. The second kappa shape index (κ2) is 7.79. The summed E-state index contributed by atoms with van der Waals surface area (Å²) in [5, 5.41) is 0.961. The second-order valence-corrected chi connectivity index (χ2v) is 8.23. The Labute approximate surface area is 183 Å². The van der Waals surface area contributed by atoms with Crippen LogP contribution in [-0.4, -0.2) is 62.6 Å². The van der Waals surface area contributed by atoms with Crippen molar-refractivity contribution in [3.05, 3.63) is 56.9 Å². The molecular weight excluding hydrogens is 410 g/mol. The van der Waals surface area contributed by atoms with E-state index in [0.29, 0.717) is 43.3 Å². The highest BCUT2D eigenvalue weighted by Crippen LogP contribution is 2.20. The lowest BCUT2D eigenvalue weighted by Crippen LogP contribution is -3.15. The van der Waals surface area contributed by atoms with Crippen molar-refractivity contribution in [3.8, 4) is 0 Å². The number of H-pyrrole nitrogens is 2. The van der Waals surface area contributed by atoms with Crippen LogP contribution in [0.4, 0.5) is 5.95 Å². The van der Waals surface area contributed by atoms with Crippen LogP contribution in [0.2, 0.25) is 0 Å². The zero-order valence-corrected chi connectivity index (χ0v) is 18.1. The molecule has 0 saturated carbocycles. The molecule has 166 valence electrons. The minimum absolute atomic E-state index is 0.133. The van der Waals surface area contributed by atoms with Gasteiger partial charge in [-0.25, -0.2) is 4.79 Å². The Hall–Kier alpha value is -3.66. The van der Waals surface area contributed by atoms with Crippen molar-refractivity contribution in [3.63, 3.8) is 0 Å². The van der Waals surface area contributed by atoms with Gasteiger partial charge in [0.1, 0.15) is 6.54 Å². The number of piperazine rings is 1. The van der Waals surface area contributed by atoms with Crippen LogP contribution in [-0.2, 0) is 13.6 Å². The van der Waals surface area contributed by atoms with Gasteiger partial charge in [-0.15, -0.1) is 0 Å². The number of hydrogen-bond acceptors (Lipinski definition) is 5. The SMILES string of the molecule is CCn1c(N2CC[NH+](CC(=O)c3c[nH]c4ccccc34)CC2)nc2c1c(=O)[nH]c(=O)n2C. The standard InChI is InChI=1S/C22H25N7O3/c1-3-29-18-19(26(2)22(32)25-20(18)31)24-21(29)28-10-8-27(9-11-28)13-17(30)15-12-23-16-7-5-4-6-14(15)16/h4-7,12,23H,3,8-11,13H2,1-2H3,(H,25,31,32)/p+1. The van der Waals surface area contributed by atoms with Gasteiger partial charge in [-0.1, -0.05) is 18.2 Å². The number of imidazole rings is 1. The van der Waals surface area contributed by atoms with E-state index in [4.69, 9.17) is 0 Å². The van der Waals surface area contributed by atoms with Gasteiger partial charge in [0.2, 0.25) is 11.7 Å². The van der Waals surface area contributed by atoms with Crippen molar-refractivity contribution in [2.24, 2.45) is 7.05 Å². The van der Waals surface area contributed by atoms with Crippen LogP contribution in [0.3, 0.4) is 0 Å². The lowest BCUT2D eigenvalue weighted by atomic mass is 10.1. The first kappa shape index (κ1) is 20.3. The van der Waals surface area contributed by atoms with Gasteiger partial charge in [0.25, 0.3) is 5.56 Å². The van der Waals surface area contributed by atoms with Gasteiger partial charge in [-0.3, -0.25) is 19.1 Å². The van der Waals surface area contributed by atoms with Crippen molar-refractivity contribution in [2.45, 2.75) is 13.5 Å². The molecule has 0 amide bonds. The van der Waals surface area contributed by atoms with Gasteiger partial charge in [0, 0.05) is 36.3 Å². The molecule has 0 bridgehead atoms. The first-order valence-electron chi connectivity index (χ1n) is 10.8. The largest absolute Gasteiger partial charge is 0.360 e. The zero-order valence-electron chi connectivity index (χ0n) is 18.1. The summed E-state index contributed by atoms with van der Waals surface area (Å²) in [6.07, 6.45) is 1.80. The van der Waals surface area contributed by atoms with Crippen LogP contribution >= 0.6 is 0 Å². The smallest absolute Gasteiger partial charge is 0.329 e. The molecule has 5 rings (SSSR count). The number of fused-ring (bicyclic) bond motifs is 2. The summed E-state index contributed by atoms with van der Waals surface area (Å²) >= 11 is 0. The molecular formula is C22H26N7O3+. The van der Waals surface area contributed by atoms with Crippen LogP contribution < -0.4 is 21.0 Å². The lowest BCUT2D eigenvalue weighted by Gasteiger charge is -2.32. The third-order valence-corrected chi connectivity index (χ3v) is 6.36. The molecule has 1 aliphatic heterocycles. The summed E-state index contributed by atoms with van der Waals surface area (Å²) in [6, 6.07) is 7.83. The lowest BCUT2D eigenvalue weighted by molar-refractivity contribution is -0.892. The van der Waals surface area contributed by atoms with Crippen LogP contribution in [0.1, 0.15) is 17.3 Å². The number of aryl methyl sites for hydroxylation is 2. The number of ketones is 1. The number of anilines is 1. The van der Waals surface area contributed by atoms with Gasteiger partial charge in [0.15, 0.2) is 11.2 Å². The maximum atomic E-state index is 12.9. The molecule has 1 aromatic carbocycles. The van der Waals surface area contributed by atoms with Crippen molar-refractivity contribution in [1.29, 1.82) is 0 Å². The molecule has 0 aliphatic carbocycles. The maximum Gasteiger partial charge on any atom is 0.329 e. The summed E-state index contributed by atoms with van der Waals surface area (Å²) in [7, 11) is 1.61. The van der Waals surface area contributed by atoms with Gasteiger partial charge < -0.3 is 19.4 Å². The quantitative estimate of drug-likeness (QED) is 0.366. The van der Waals surface area contributed by atoms with E-state index < -0.39 is 11.2 Å². The first-order valence-corrected chi connectivity index (χ1v) is 10.8. The van der Waals surface area contributed by atoms with E-state index in [1.165, 1.54) is 9.47 Å². The molecule has 4 aromatic rings. The van der Waals surface area contributed by atoms with Gasteiger partial charge in [-0.05, 0) is 13.0 Å². The molecule has 1 fully saturated rings. The number of nitrogens with zero attached hydrogens (tertiary/aromatic N) is 4. The summed E-state index contributed by atoms with van der Waals surface area (Å²) in [5.41, 5.74) is 1.62. The second-order valence-electron chi connectivity index (χ2n) is 8.23. The molecule has 0 radical (unpaired) electrons. The Morgan fingerprint density at radius 1 is 1.19 bits per heavy atom. The van der Waals surface area contributed by atoms with E-state index in [2.05, 4.69) is 19.9 Å². The summed E-state index contributed by atoms with van der Waals surface area (Å²) in [4.78, 5) is 50.8. The fraction of sp³-hybridized carbons (Fsp3) is 0.364. The van der Waals surface area contributed by atoms with E-state index in [0.717, 1.165) is 29.6 Å². The van der Waals surface area contributed by atoms with E-state index in [-0.39, 0.29) is 5.78 Å². The average molecular weight is 436 g/mol. The molecule has 10 heteroatoms. The molecule has 1 saturated heterocycles. The highest BCUT2D eigenvalue weighted by molar-refractivity contribution is 6.08. The first-order chi connectivity index (χ1) is 15.5. The molecule has 3 aromatic heterocycles. The molecule has 0 atom stereocenters. The van der Waals surface area contributed by atoms with Crippen LogP contribution in [0.15, 0.2) is 40.1 Å². The Morgan fingerprint density at radius 2 is 1.94 bits per heavy atom. The van der Waals surface area contributed by atoms with Crippen molar-refractivity contribution in [1.82, 2.24) is 24.1 Å². The normalized spacial score (nSPS) is 15.1. The average Bonchev–Trinajstić information content (AvgIpc) is 3.40. The number of para-hydroxylation sites is 1. The van der Waals surface area contributed by atoms with Gasteiger partial charge in [0.05, 0.1) is 26.2 Å². The van der Waals surface area contributed by atoms with E-state index in [9.17, 15) is 14.4 Å².